The van der Waals surface area contributed by atoms with Gasteiger partial charge < -0.3 is 14.2 Å². The number of pyridine rings is 3. The predicted molar refractivity (Wildman–Crippen MR) is 397 cm³/mol. The van der Waals surface area contributed by atoms with Crippen molar-refractivity contribution in [1.82, 2.24) is 76.8 Å². The zero-order valence-electron chi connectivity index (χ0n) is 54.1. The summed E-state index contributed by atoms with van der Waals surface area (Å²) < 4.78 is 17.9. The molecule has 0 saturated carbocycles. The zero-order chi connectivity index (χ0) is 67.6. The Labute approximate surface area is 576 Å². The first-order chi connectivity index (χ1) is 49.4. The molecule has 0 amide bonds. The maximum Gasteiger partial charge on any atom is 0.197 e. The Kier molecular flexibility index (Phi) is 21.8. The molecule has 0 fully saturated rings. The van der Waals surface area contributed by atoms with Gasteiger partial charge in [0.2, 0.25) is 0 Å². The van der Waals surface area contributed by atoms with E-state index >= 15 is 0 Å². The molecule has 18 heteroatoms. The fraction of sp³-hybridized carbons (Fsp3) is 0.0488. The number of fused-ring (bicyclic) bond motifs is 3. The van der Waals surface area contributed by atoms with Gasteiger partial charge in [-0.15, -0.1) is 30.6 Å². The van der Waals surface area contributed by atoms with E-state index in [2.05, 4.69) is 210 Å². The Morgan fingerprint density at radius 3 is 1.02 bits per heavy atom. The minimum Gasteiger partial charge on any atom is -0.487 e. The number of tetrazole rings is 3. The van der Waals surface area contributed by atoms with Gasteiger partial charge in [0.05, 0.1) is 33.6 Å². The first kappa shape index (κ1) is 64.9. The van der Waals surface area contributed by atoms with E-state index in [1.807, 2.05) is 194 Å². The molecule has 6 heterocycles. The summed E-state index contributed by atoms with van der Waals surface area (Å²) in [6, 6.07) is 85.5. The number of H-pyrrole nitrogens is 3. The first-order valence-corrected chi connectivity index (χ1v) is 32.2. The number of benzene rings is 9. The van der Waals surface area contributed by atoms with E-state index in [1.54, 1.807) is 0 Å². The zero-order valence-corrected chi connectivity index (χ0v) is 54.1. The predicted octanol–water partition coefficient (Wildman–Crippen LogP) is 17.1. The lowest BCUT2D eigenvalue weighted by molar-refractivity contribution is 0.301. The smallest absolute Gasteiger partial charge is 0.197 e. The number of aromatic nitrogens is 15. The molecule has 0 spiro atoms. The molecule has 15 aromatic rings. The molecule has 15 rings (SSSR count). The highest BCUT2D eigenvalue weighted by atomic mass is 16.5. The van der Waals surface area contributed by atoms with Crippen molar-refractivity contribution < 1.29 is 14.2 Å². The third-order valence-electron chi connectivity index (χ3n) is 15.5. The molecular weight excluding hydrogens is 1240 g/mol. The minimum absolute atomic E-state index is 0.423. The quantitative estimate of drug-likeness (QED) is 0.0536. The van der Waals surface area contributed by atoms with E-state index in [1.165, 1.54) is 5.56 Å². The van der Waals surface area contributed by atoms with Gasteiger partial charge >= 0.3 is 0 Å². The van der Waals surface area contributed by atoms with Crippen molar-refractivity contribution in [2.45, 2.75) is 26.2 Å². The lowest BCUT2D eigenvalue weighted by Gasteiger charge is -2.07. The summed E-state index contributed by atoms with van der Waals surface area (Å²) >= 11 is 0. The van der Waals surface area contributed by atoms with Crippen LogP contribution in [0.5, 0.6) is 17.2 Å². The van der Waals surface area contributed by atoms with Gasteiger partial charge in [-0.2, -0.15) is 15.6 Å². The van der Waals surface area contributed by atoms with Gasteiger partial charge in [0.25, 0.3) is 0 Å². The van der Waals surface area contributed by atoms with Crippen LogP contribution < -0.4 is 14.2 Å². The van der Waals surface area contributed by atoms with E-state index in [0.717, 1.165) is 118 Å². The summed E-state index contributed by atoms with van der Waals surface area (Å²) in [4.78, 5) is 14.0. The van der Waals surface area contributed by atoms with Crippen molar-refractivity contribution in [3.05, 3.63) is 345 Å². The molecular formula is C82H65N15O3. The second-order valence-electron chi connectivity index (χ2n) is 22.7. The molecule has 0 radical (unpaired) electrons. The molecule has 9 aromatic carbocycles. The second-order valence-corrected chi connectivity index (χ2v) is 22.7. The minimum atomic E-state index is 0.423. The maximum atomic E-state index is 6.00. The summed E-state index contributed by atoms with van der Waals surface area (Å²) in [5.74, 6) is 4.11. The molecule has 486 valence electrons. The van der Waals surface area contributed by atoms with E-state index in [0.29, 0.717) is 37.3 Å². The highest BCUT2D eigenvalue weighted by molar-refractivity contribution is 5.81. The molecule has 0 saturated heterocycles. The van der Waals surface area contributed by atoms with E-state index in [-0.39, 0.29) is 0 Å². The van der Waals surface area contributed by atoms with Crippen molar-refractivity contribution in [1.29, 1.82) is 0 Å². The Balaban J connectivity index is 0.000000134. The fourth-order valence-electron chi connectivity index (χ4n) is 10.4. The Bertz CT molecular complexity index is 5310. The summed E-state index contributed by atoms with van der Waals surface area (Å²) in [5, 5.41) is 44.8. The average molecular weight is 1310 g/mol. The lowest BCUT2D eigenvalue weighted by Crippen LogP contribution is -1.98. The van der Waals surface area contributed by atoms with Crippen LogP contribution in [0, 0.1) is 0 Å². The summed E-state index contributed by atoms with van der Waals surface area (Å²) in [6.45, 7) is 1.29. The van der Waals surface area contributed by atoms with Crippen molar-refractivity contribution in [2.75, 3.05) is 0 Å². The number of aromatic amines is 3. The van der Waals surface area contributed by atoms with E-state index in [4.69, 9.17) is 14.2 Å². The topological polar surface area (TPSA) is 230 Å². The SMILES string of the molecule is C(=Cc1cccc(C=Cc2nn[nH]n2)c1)c1ccc(OCc2ccc3ccccc3n2)cc1.C(=Cc1cccc(OCc2ccc3ccccc3n2)c1)Cc1ccc(C=Cc2nn[nH]n2)cc1.C(=Cc1cccc(OCc2ccc3ccccc3n2)c1)c1cccc(C=Cc2nn[nH]n2)c1. The molecule has 0 bridgehead atoms. The Morgan fingerprint density at radius 2 is 0.610 bits per heavy atom. The lowest BCUT2D eigenvalue weighted by atomic mass is 10.1. The monoisotopic (exact) mass is 1310 g/mol. The van der Waals surface area contributed by atoms with Gasteiger partial charge in [0.15, 0.2) is 17.5 Å². The number of hydrogen-bond acceptors (Lipinski definition) is 15. The van der Waals surface area contributed by atoms with E-state index in [9.17, 15) is 0 Å². The fourth-order valence-corrected chi connectivity index (χ4v) is 10.4. The van der Waals surface area contributed by atoms with Gasteiger partial charge in [-0.3, -0.25) is 0 Å². The Hall–Kier alpha value is -13.7. The van der Waals surface area contributed by atoms with Crippen LogP contribution in [0.3, 0.4) is 0 Å². The molecule has 0 aliphatic rings. The molecule has 0 atom stereocenters. The largest absolute Gasteiger partial charge is 0.487 e. The van der Waals surface area contributed by atoms with Gasteiger partial charge in [0, 0.05) is 16.2 Å². The third-order valence-corrected chi connectivity index (χ3v) is 15.5. The molecule has 0 aliphatic heterocycles. The van der Waals surface area contributed by atoms with Crippen LogP contribution in [-0.2, 0) is 26.2 Å². The van der Waals surface area contributed by atoms with Crippen LogP contribution in [0.1, 0.15) is 84.6 Å². The molecule has 0 unspecified atom stereocenters. The first-order valence-electron chi connectivity index (χ1n) is 32.2. The number of rotatable bonds is 22. The highest BCUT2D eigenvalue weighted by Crippen LogP contribution is 2.23. The molecule has 6 aromatic heterocycles. The standard InChI is InChI=1S/C28H23N5O.2C27H21N5O/c1-2-10-27-24(8-1)16-17-25(29-27)20-34-26-9-4-7-23(19-26)6-3-5-21-11-13-22(14-12-21)15-18-28-30-32-33-31-28;1-2-10-26-23(8-1)14-15-24(28-26)19-33-25-9-4-7-22(18-25)12-11-20-5-3-6-21(17-20)13-16-27-29-31-32-30-27;1-2-7-26-23(6-1)13-14-24(28-26)19-33-25-15-10-20(11-16-25)8-9-21-4-3-5-22(18-21)12-17-27-29-31-32-30-27/h1-4,6-19H,5,20H2,(H,30,31,32,33);2*1-18H,19H2,(H,29,30,31,32). The maximum absolute atomic E-state index is 6.00. The van der Waals surface area contributed by atoms with Crippen LogP contribution in [0.15, 0.2) is 261 Å². The number of nitrogens with zero attached hydrogens (tertiary/aromatic N) is 12. The second kappa shape index (κ2) is 33.6. The van der Waals surface area contributed by atoms with Crippen LogP contribution in [0.25, 0.3) is 99.5 Å². The number of allylic oxidation sites excluding steroid dienone is 1. The van der Waals surface area contributed by atoms with Gasteiger partial charge in [-0.1, -0.05) is 225 Å². The molecule has 0 aliphatic carbocycles. The van der Waals surface area contributed by atoms with Crippen molar-refractivity contribution in [2.24, 2.45) is 0 Å². The van der Waals surface area contributed by atoms with E-state index < -0.39 is 0 Å². The number of hydrogen-bond donors (Lipinski definition) is 3. The Morgan fingerprint density at radius 1 is 0.270 bits per heavy atom. The molecule has 3 N–H and O–H groups in total. The highest BCUT2D eigenvalue weighted by Gasteiger charge is 2.06. The molecule has 18 nitrogen and oxygen atoms in total. The van der Waals surface area contributed by atoms with Crippen molar-refractivity contribution in [3.63, 3.8) is 0 Å². The van der Waals surface area contributed by atoms with Gasteiger partial charge in [-0.05, 0) is 175 Å². The number of ether oxygens (including phenoxy) is 3. The van der Waals surface area contributed by atoms with Crippen molar-refractivity contribution >= 4 is 99.5 Å². The van der Waals surface area contributed by atoms with Gasteiger partial charge in [0.1, 0.15) is 37.1 Å². The number of para-hydroxylation sites is 3. The summed E-state index contributed by atoms with van der Waals surface area (Å²) in [5.41, 5.74) is 15.6. The van der Waals surface area contributed by atoms with Crippen LogP contribution >= 0.6 is 0 Å². The summed E-state index contributed by atoms with van der Waals surface area (Å²) in [6.07, 6.45) is 24.8. The van der Waals surface area contributed by atoms with Crippen molar-refractivity contribution in [3.8, 4) is 17.2 Å². The van der Waals surface area contributed by atoms with Crippen LogP contribution in [0.4, 0.5) is 0 Å². The summed E-state index contributed by atoms with van der Waals surface area (Å²) in [7, 11) is 0. The van der Waals surface area contributed by atoms with Gasteiger partial charge in [-0.25, -0.2) is 15.0 Å². The molecule has 100 heavy (non-hydrogen) atoms. The number of nitrogens with one attached hydrogen (secondary N) is 3. The normalized spacial score (nSPS) is 11.5. The third kappa shape index (κ3) is 19.5. The van der Waals surface area contributed by atoms with Crippen LogP contribution in [0.2, 0.25) is 0 Å². The van der Waals surface area contributed by atoms with Crippen LogP contribution in [-0.4, -0.2) is 76.8 Å². The average Bonchev–Trinajstić information content (AvgIpc) is 1.12.